The molecule has 10 heavy (non-hydrogen) atoms. The van der Waals surface area contributed by atoms with Crippen molar-refractivity contribution in [2.75, 3.05) is 0 Å². The Labute approximate surface area is 65.3 Å². The minimum absolute atomic E-state index is 0.709. The second-order valence-corrected chi connectivity index (χ2v) is 3.21. The van der Waals surface area contributed by atoms with Crippen LogP contribution in [0.25, 0.3) is 0 Å². The summed E-state index contributed by atoms with van der Waals surface area (Å²) in [5, 5.41) is 0. The fourth-order valence-electron chi connectivity index (χ4n) is 0.940. The Hall–Kier alpha value is -0.260. The van der Waals surface area contributed by atoms with Gasteiger partial charge in [-0.15, -0.1) is 0 Å². The Balaban J connectivity index is 3.61. The molecule has 60 valence electrons. The van der Waals surface area contributed by atoms with E-state index in [0.29, 0.717) is 5.92 Å². The highest BCUT2D eigenvalue weighted by Crippen LogP contribution is 2.10. The number of rotatable bonds is 4. The van der Waals surface area contributed by atoms with Gasteiger partial charge in [0.05, 0.1) is 0 Å². The third-order valence-electron chi connectivity index (χ3n) is 1.82. The van der Waals surface area contributed by atoms with Crippen molar-refractivity contribution in [3.05, 3.63) is 12.2 Å². The molecule has 0 unspecified atom stereocenters. The van der Waals surface area contributed by atoms with Crippen molar-refractivity contribution in [1.29, 1.82) is 0 Å². The molecule has 0 spiro atoms. The van der Waals surface area contributed by atoms with Crippen LogP contribution in [-0.4, -0.2) is 0 Å². The van der Waals surface area contributed by atoms with E-state index in [9.17, 15) is 0 Å². The number of allylic oxidation sites excluding steroid dienone is 2. The molecular weight excluding hydrogens is 120 g/mol. The minimum Gasteiger partial charge on any atom is -0.0857 e. The number of hydrogen-bond acceptors (Lipinski definition) is 0. The van der Waals surface area contributed by atoms with Crippen LogP contribution in [0.4, 0.5) is 0 Å². The first-order chi connectivity index (χ1) is 4.70. The summed E-state index contributed by atoms with van der Waals surface area (Å²) in [7, 11) is 0. The van der Waals surface area contributed by atoms with Gasteiger partial charge in [0.2, 0.25) is 0 Å². The molecule has 0 saturated carbocycles. The molecule has 0 atom stereocenters. The molecule has 0 saturated heterocycles. The van der Waals surface area contributed by atoms with Gasteiger partial charge in [0.25, 0.3) is 0 Å². The fraction of sp³-hybridized carbons (Fsp3) is 0.800. The third-order valence-corrected chi connectivity index (χ3v) is 1.82. The monoisotopic (exact) mass is 140 g/mol. The lowest BCUT2D eigenvalue weighted by Crippen LogP contribution is -1.91. The molecule has 0 aromatic rings. The molecule has 0 nitrogen and oxygen atoms in total. The van der Waals surface area contributed by atoms with Crippen molar-refractivity contribution >= 4 is 0 Å². The lowest BCUT2D eigenvalue weighted by atomic mass is 10.0. The van der Waals surface area contributed by atoms with Gasteiger partial charge in [-0.3, -0.25) is 0 Å². The third kappa shape index (κ3) is 4.60. The van der Waals surface area contributed by atoms with Crippen LogP contribution >= 0.6 is 0 Å². The summed E-state index contributed by atoms with van der Waals surface area (Å²) in [6.07, 6.45) is 7.21. The van der Waals surface area contributed by atoms with Crippen molar-refractivity contribution in [3.63, 3.8) is 0 Å². The van der Waals surface area contributed by atoms with Crippen LogP contribution in [0.1, 0.15) is 40.5 Å². The molecule has 0 aliphatic heterocycles. The van der Waals surface area contributed by atoms with Crippen LogP contribution in [0.15, 0.2) is 12.2 Å². The minimum atomic E-state index is 0.709. The van der Waals surface area contributed by atoms with Crippen molar-refractivity contribution in [3.8, 4) is 0 Å². The predicted molar refractivity (Wildman–Crippen MR) is 48.1 cm³/mol. The first-order valence-electron chi connectivity index (χ1n) is 4.39. The van der Waals surface area contributed by atoms with Gasteiger partial charge < -0.3 is 0 Å². The Morgan fingerprint density at radius 2 is 1.50 bits per heavy atom. The lowest BCUT2D eigenvalue weighted by Gasteiger charge is -2.05. The summed E-state index contributed by atoms with van der Waals surface area (Å²) in [5.41, 5.74) is 0. The van der Waals surface area contributed by atoms with Crippen molar-refractivity contribution in [2.24, 2.45) is 11.8 Å². The first-order valence-corrected chi connectivity index (χ1v) is 4.39. The van der Waals surface area contributed by atoms with Crippen LogP contribution in [-0.2, 0) is 0 Å². The molecule has 0 heteroatoms. The first kappa shape index (κ1) is 9.74. The molecular formula is C10H20. The Morgan fingerprint density at radius 3 is 1.80 bits per heavy atom. The van der Waals surface area contributed by atoms with Crippen LogP contribution in [0.5, 0.6) is 0 Å². The van der Waals surface area contributed by atoms with Gasteiger partial charge >= 0.3 is 0 Å². The van der Waals surface area contributed by atoms with E-state index in [0.717, 1.165) is 5.92 Å². The highest BCUT2D eigenvalue weighted by molar-refractivity contribution is 4.89. The predicted octanol–water partition coefficient (Wildman–Crippen LogP) is 3.63. The largest absolute Gasteiger partial charge is 0.0857 e. The average molecular weight is 140 g/mol. The molecule has 0 bridgehead atoms. The van der Waals surface area contributed by atoms with Gasteiger partial charge in [0.1, 0.15) is 0 Å². The second-order valence-electron chi connectivity index (χ2n) is 3.21. The molecule has 0 aromatic carbocycles. The van der Waals surface area contributed by atoms with E-state index >= 15 is 0 Å². The van der Waals surface area contributed by atoms with E-state index in [1.54, 1.807) is 0 Å². The zero-order valence-corrected chi connectivity index (χ0v) is 7.72. The molecule has 0 fully saturated rings. The van der Waals surface area contributed by atoms with Gasteiger partial charge in [-0.25, -0.2) is 0 Å². The summed E-state index contributed by atoms with van der Waals surface area (Å²) in [5.74, 6) is 1.52. The molecule has 0 radical (unpaired) electrons. The normalized spacial score (nSPS) is 12.2. The average Bonchev–Trinajstić information content (AvgIpc) is 1.90. The summed E-state index contributed by atoms with van der Waals surface area (Å²) >= 11 is 0. The van der Waals surface area contributed by atoms with Gasteiger partial charge in [-0.05, 0) is 24.7 Å². The topological polar surface area (TPSA) is 0 Å². The van der Waals surface area contributed by atoms with Crippen LogP contribution in [0, 0.1) is 11.8 Å². The maximum Gasteiger partial charge on any atom is -0.0239 e. The fourth-order valence-corrected chi connectivity index (χ4v) is 0.940. The molecule has 0 aliphatic rings. The quantitative estimate of drug-likeness (QED) is 0.523. The smallest absolute Gasteiger partial charge is 0.0239 e. The van der Waals surface area contributed by atoms with Crippen LogP contribution < -0.4 is 0 Å². The molecule has 0 rings (SSSR count). The Bertz CT molecular complexity index is 86.2. The van der Waals surface area contributed by atoms with Crippen molar-refractivity contribution in [2.45, 2.75) is 40.5 Å². The lowest BCUT2D eigenvalue weighted by molar-refractivity contribution is 0.600. The zero-order valence-electron chi connectivity index (χ0n) is 7.72. The SMILES string of the molecule is CCC(/C=C\C(C)C)CC. The van der Waals surface area contributed by atoms with E-state index < -0.39 is 0 Å². The molecule has 0 heterocycles. The van der Waals surface area contributed by atoms with Gasteiger partial charge in [0, 0.05) is 0 Å². The highest BCUT2D eigenvalue weighted by Gasteiger charge is 1.96. The Kier molecular flexibility index (Phi) is 5.38. The van der Waals surface area contributed by atoms with Crippen LogP contribution in [0.2, 0.25) is 0 Å². The maximum absolute atomic E-state index is 2.35. The van der Waals surface area contributed by atoms with E-state index in [-0.39, 0.29) is 0 Å². The summed E-state index contributed by atoms with van der Waals surface area (Å²) in [4.78, 5) is 0. The van der Waals surface area contributed by atoms with Gasteiger partial charge in [-0.1, -0.05) is 39.8 Å². The summed E-state index contributed by atoms with van der Waals surface area (Å²) in [6.45, 7) is 8.94. The van der Waals surface area contributed by atoms with Gasteiger partial charge in [0.15, 0.2) is 0 Å². The van der Waals surface area contributed by atoms with E-state index in [4.69, 9.17) is 0 Å². The molecule has 0 aliphatic carbocycles. The molecule has 0 aromatic heterocycles. The van der Waals surface area contributed by atoms with E-state index in [2.05, 4.69) is 39.8 Å². The molecule has 0 amide bonds. The summed E-state index contributed by atoms with van der Waals surface area (Å²) < 4.78 is 0. The van der Waals surface area contributed by atoms with Crippen molar-refractivity contribution < 1.29 is 0 Å². The molecule has 0 N–H and O–H groups in total. The zero-order chi connectivity index (χ0) is 7.98. The standard InChI is InChI=1S/C10H20/c1-5-10(6-2)8-7-9(3)4/h7-10H,5-6H2,1-4H3/b8-7-. The van der Waals surface area contributed by atoms with E-state index in [1.165, 1.54) is 12.8 Å². The van der Waals surface area contributed by atoms with Gasteiger partial charge in [-0.2, -0.15) is 0 Å². The summed E-state index contributed by atoms with van der Waals surface area (Å²) in [6, 6.07) is 0. The number of hydrogen-bond donors (Lipinski definition) is 0. The van der Waals surface area contributed by atoms with E-state index in [1.807, 2.05) is 0 Å². The second kappa shape index (κ2) is 5.52. The Morgan fingerprint density at radius 1 is 1.00 bits per heavy atom. The van der Waals surface area contributed by atoms with Crippen LogP contribution in [0.3, 0.4) is 0 Å². The maximum atomic E-state index is 2.35. The highest BCUT2D eigenvalue weighted by atomic mass is 14.0. The van der Waals surface area contributed by atoms with Crippen molar-refractivity contribution in [1.82, 2.24) is 0 Å².